The van der Waals surface area contributed by atoms with E-state index in [4.69, 9.17) is 16.3 Å². The van der Waals surface area contributed by atoms with Crippen molar-refractivity contribution in [2.24, 2.45) is 0 Å². The zero-order valence-electron chi connectivity index (χ0n) is 11.0. The van der Waals surface area contributed by atoms with Gasteiger partial charge in [0.25, 0.3) is 0 Å². The third-order valence-corrected chi connectivity index (χ3v) is 3.95. The maximum absolute atomic E-state index is 6.34. The Morgan fingerprint density at radius 3 is 2.75 bits per heavy atom. The minimum absolute atomic E-state index is 0.630. The molecule has 0 N–H and O–H groups in total. The Balaban J connectivity index is 2.78. The molecule has 1 heterocycles. The van der Waals surface area contributed by atoms with E-state index in [9.17, 15) is 0 Å². The molecule has 4 heteroatoms. The first-order valence-corrected chi connectivity index (χ1v) is 7.07. The van der Waals surface area contributed by atoms with E-state index in [1.54, 1.807) is 19.3 Å². The Morgan fingerprint density at radius 2 is 2.15 bits per heavy atom. The standard InChI is InChI=1S/C16H13BrClNO/c1-4-6-10(5-2)13-9-12(18)11-7-8-14(20-3)15(17)16(11)19-13/h4-9H,1-2H2,3H3/b10-6+. The zero-order valence-corrected chi connectivity index (χ0v) is 13.3. The molecule has 1 aromatic heterocycles. The summed E-state index contributed by atoms with van der Waals surface area (Å²) in [6.07, 6.45) is 5.25. The van der Waals surface area contributed by atoms with E-state index in [0.29, 0.717) is 10.8 Å². The predicted octanol–water partition coefficient (Wildman–Crippen LogP) is 5.41. The van der Waals surface area contributed by atoms with Crippen molar-refractivity contribution in [3.8, 4) is 5.75 Å². The Hall–Kier alpha value is -1.58. The molecule has 2 aromatic rings. The van der Waals surface area contributed by atoms with Gasteiger partial charge >= 0.3 is 0 Å². The molecule has 0 amide bonds. The molecule has 0 unspecified atom stereocenters. The number of methoxy groups -OCH3 is 1. The van der Waals surface area contributed by atoms with Crippen LogP contribution in [0.5, 0.6) is 5.75 Å². The van der Waals surface area contributed by atoms with Crippen molar-refractivity contribution >= 4 is 44.0 Å². The predicted molar refractivity (Wildman–Crippen MR) is 89.4 cm³/mol. The van der Waals surface area contributed by atoms with Gasteiger partial charge in [-0.1, -0.05) is 43.0 Å². The normalized spacial score (nSPS) is 11.4. The molecule has 0 fully saturated rings. The van der Waals surface area contributed by atoms with E-state index in [1.165, 1.54) is 0 Å². The third kappa shape index (κ3) is 2.65. The highest BCUT2D eigenvalue weighted by Gasteiger charge is 2.12. The smallest absolute Gasteiger partial charge is 0.135 e. The number of allylic oxidation sites excluding steroid dienone is 4. The quantitative estimate of drug-likeness (QED) is 0.687. The van der Waals surface area contributed by atoms with Crippen LogP contribution in [0.2, 0.25) is 5.02 Å². The molecule has 2 rings (SSSR count). The Bertz CT molecular complexity index is 722. The van der Waals surface area contributed by atoms with E-state index in [1.807, 2.05) is 24.3 Å². The lowest BCUT2D eigenvalue weighted by Gasteiger charge is -2.10. The number of pyridine rings is 1. The summed E-state index contributed by atoms with van der Waals surface area (Å²) in [5.41, 5.74) is 2.36. The fourth-order valence-corrected chi connectivity index (χ4v) is 2.74. The number of rotatable bonds is 4. The highest BCUT2D eigenvalue weighted by atomic mass is 79.9. The van der Waals surface area contributed by atoms with Crippen LogP contribution >= 0.6 is 27.5 Å². The molecule has 0 aliphatic rings. The summed E-state index contributed by atoms with van der Waals surface area (Å²) < 4.78 is 6.07. The van der Waals surface area contributed by atoms with Crippen molar-refractivity contribution in [1.29, 1.82) is 0 Å². The van der Waals surface area contributed by atoms with Crippen LogP contribution in [-0.2, 0) is 0 Å². The van der Waals surface area contributed by atoms with Gasteiger partial charge in [-0.05, 0) is 39.7 Å². The van der Waals surface area contributed by atoms with Gasteiger partial charge in [0.15, 0.2) is 0 Å². The molecule has 0 bridgehead atoms. The van der Waals surface area contributed by atoms with Crippen LogP contribution in [0.15, 0.2) is 54.1 Å². The SMILES string of the molecule is C=C/C=C(\C=C)c1cc(Cl)c2ccc(OC)c(Br)c2n1. The summed E-state index contributed by atoms with van der Waals surface area (Å²) in [7, 11) is 1.62. The Kier molecular flexibility index (Phi) is 4.63. The van der Waals surface area contributed by atoms with Gasteiger partial charge in [0, 0.05) is 5.39 Å². The minimum Gasteiger partial charge on any atom is -0.495 e. The van der Waals surface area contributed by atoms with Gasteiger partial charge in [-0.3, -0.25) is 0 Å². The fourth-order valence-electron chi connectivity index (χ4n) is 1.89. The molecule has 0 radical (unpaired) electrons. The van der Waals surface area contributed by atoms with Crippen molar-refractivity contribution in [3.63, 3.8) is 0 Å². The lowest BCUT2D eigenvalue weighted by Crippen LogP contribution is -1.92. The van der Waals surface area contributed by atoms with Gasteiger partial charge in [-0.2, -0.15) is 0 Å². The van der Waals surface area contributed by atoms with Crippen molar-refractivity contribution in [2.45, 2.75) is 0 Å². The van der Waals surface area contributed by atoms with Crippen molar-refractivity contribution in [2.75, 3.05) is 7.11 Å². The molecule has 0 atom stereocenters. The van der Waals surface area contributed by atoms with Gasteiger partial charge in [0.2, 0.25) is 0 Å². The molecule has 1 aromatic carbocycles. The first-order chi connectivity index (χ1) is 9.62. The largest absolute Gasteiger partial charge is 0.495 e. The van der Waals surface area contributed by atoms with Crippen LogP contribution in [0.1, 0.15) is 5.69 Å². The number of halogens is 2. The minimum atomic E-state index is 0.630. The summed E-state index contributed by atoms with van der Waals surface area (Å²) >= 11 is 9.85. The van der Waals surface area contributed by atoms with Crippen LogP contribution in [0.4, 0.5) is 0 Å². The van der Waals surface area contributed by atoms with Gasteiger partial charge in [-0.15, -0.1) is 0 Å². The van der Waals surface area contributed by atoms with E-state index < -0.39 is 0 Å². The number of benzene rings is 1. The van der Waals surface area contributed by atoms with Crippen molar-refractivity contribution in [3.05, 3.63) is 64.8 Å². The highest BCUT2D eigenvalue weighted by Crippen LogP contribution is 2.36. The lowest BCUT2D eigenvalue weighted by molar-refractivity contribution is 0.413. The fraction of sp³-hybridized carbons (Fsp3) is 0.0625. The van der Waals surface area contributed by atoms with Gasteiger partial charge in [0.05, 0.1) is 27.8 Å². The second-order valence-electron chi connectivity index (χ2n) is 4.03. The Labute approximate surface area is 131 Å². The number of ether oxygens (including phenoxy) is 1. The summed E-state index contributed by atoms with van der Waals surface area (Å²) in [5, 5.41) is 1.50. The zero-order chi connectivity index (χ0) is 14.7. The van der Waals surface area contributed by atoms with Gasteiger partial charge < -0.3 is 4.74 Å². The molecular weight excluding hydrogens is 338 g/mol. The number of hydrogen-bond acceptors (Lipinski definition) is 2. The van der Waals surface area contributed by atoms with E-state index >= 15 is 0 Å². The molecule has 0 saturated carbocycles. The lowest BCUT2D eigenvalue weighted by atomic mass is 10.1. The van der Waals surface area contributed by atoms with Crippen LogP contribution in [-0.4, -0.2) is 12.1 Å². The molecule has 0 aliphatic heterocycles. The number of hydrogen-bond donors (Lipinski definition) is 0. The second-order valence-corrected chi connectivity index (χ2v) is 5.23. The molecule has 0 saturated heterocycles. The average molecular weight is 351 g/mol. The molecule has 2 nitrogen and oxygen atoms in total. The summed E-state index contributed by atoms with van der Waals surface area (Å²) in [4.78, 5) is 4.64. The average Bonchev–Trinajstić information content (AvgIpc) is 2.45. The first-order valence-electron chi connectivity index (χ1n) is 5.90. The van der Waals surface area contributed by atoms with Crippen molar-refractivity contribution < 1.29 is 4.74 Å². The molecule has 0 spiro atoms. The first kappa shape index (κ1) is 14.8. The number of fused-ring (bicyclic) bond motifs is 1. The molecule has 20 heavy (non-hydrogen) atoms. The van der Waals surface area contributed by atoms with Crippen LogP contribution < -0.4 is 4.74 Å². The number of nitrogens with zero attached hydrogens (tertiary/aromatic N) is 1. The summed E-state index contributed by atoms with van der Waals surface area (Å²) in [6, 6.07) is 5.57. The molecule has 102 valence electrons. The monoisotopic (exact) mass is 349 g/mol. The van der Waals surface area contributed by atoms with E-state index in [-0.39, 0.29) is 0 Å². The summed E-state index contributed by atoms with van der Waals surface area (Å²) in [6.45, 7) is 7.48. The van der Waals surface area contributed by atoms with Crippen LogP contribution in [0.25, 0.3) is 16.5 Å². The maximum Gasteiger partial charge on any atom is 0.135 e. The summed E-state index contributed by atoms with van der Waals surface area (Å²) in [5.74, 6) is 0.714. The second kappa shape index (κ2) is 6.25. The van der Waals surface area contributed by atoms with E-state index in [0.717, 1.165) is 26.6 Å². The van der Waals surface area contributed by atoms with E-state index in [2.05, 4.69) is 34.1 Å². The topological polar surface area (TPSA) is 22.1 Å². The third-order valence-electron chi connectivity index (χ3n) is 2.87. The van der Waals surface area contributed by atoms with Gasteiger partial charge in [0.1, 0.15) is 5.75 Å². The molecular formula is C16H13BrClNO. The van der Waals surface area contributed by atoms with Crippen LogP contribution in [0, 0.1) is 0 Å². The van der Waals surface area contributed by atoms with Gasteiger partial charge in [-0.25, -0.2) is 4.98 Å². The van der Waals surface area contributed by atoms with Crippen molar-refractivity contribution in [1.82, 2.24) is 4.98 Å². The Morgan fingerprint density at radius 1 is 1.40 bits per heavy atom. The molecule has 0 aliphatic carbocycles. The van der Waals surface area contributed by atoms with Crippen LogP contribution in [0.3, 0.4) is 0 Å². The highest BCUT2D eigenvalue weighted by molar-refractivity contribution is 9.10. The maximum atomic E-state index is 6.34. The number of aromatic nitrogens is 1.